The number of anilines is 2. The van der Waals surface area contributed by atoms with Crippen LogP contribution in [0.1, 0.15) is 26.2 Å². The fraction of sp³-hybridized carbons (Fsp3) is 0.409. The van der Waals surface area contributed by atoms with Crippen LogP contribution in [0.15, 0.2) is 53.4 Å². The number of nitrogens with zero attached hydrogens (tertiary/aromatic N) is 2. The van der Waals surface area contributed by atoms with Gasteiger partial charge in [0.15, 0.2) is 6.10 Å². The van der Waals surface area contributed by atoms with Gasteiger partial charge < -0.3 is 10.1 Å². The van der Waals surface area contributed by atoms with E-state index < -0.39 is 26.2 Å². The summed E-state index contributed by atoms with van der Waals surface area (Å²) in [6.45, 7) is 2.87. The Morgan fingerprint density at radius 1 is 1.03 bits per heavy atom. The van der Waals surface area contributed by atoms with Gasteiger partial charge in [0.1, 0.15) is 5.75 Å². The first-order chi connectivity index (χ1) is 15.5. The van der Waals surface area contributed by atoms with Crippen LogP contribution < -0.4 is 14.4 Å². The maximum absolute atomic E-state index is 12.7. The third-order valence-electron chi connectivity index (χ3n) is 5.46. The molecule has 2 aromatic rings. The quantitative estimate of drug-likeness (QED) is 0.572. The third kappa shape index (κ3) is 6.04. The minimum absolute atomic E-state index is 0.199. The van der Waals surface area contributed by atoms with Crippen molar-refractivity contribution in [1.82, 2.24) is 4.31 Å². The molecule has 3 rings (SSSR count). The Balaban J connectivity index is 1.64. The lowest BCUT2D eigenvalue weighted by molar-refractivity contribution is -0.122. The van der Waals surface area contributed by atoms with Crippen LogP contribution >= 0.6 is 0 Å². The monoisotopic (exact) mass is 495 g/mol. The molecular formula is C22H29N3O6S2. The zero-order valence-electron chi connectivity index (χ0n) is 18.9. The van der Waals surface area contributed by atoms with Gasteiger partial charge in [-0.3, -0.25) is 9.10 Å². The predicted octanol–water partition coefficient (Wildman–Crippen LogP) is 2.66. The number of carbonyl (C=O) groups is 1. The molecule has 11 heteroatoms. The average molecular weight is 496 g/mol. The van der Waals surface area contributed by atoms with Crippen LogP contribution in [0.2, 0.25) is 0 Å². The fourth-order valence-electron chi connectivity index (χ4n) is 3.42. The first kappa shape index (κ1) is 25.0. The number of ether oxygens (including phenoxy) is 1. The van der Waals surface area contributed by atoms with Crippen molar-refractivity contribution in [3.05, 3.63) is 48.5 Å². The Hall–Kier alpha value is -2.63. The summed E-state index contributed by atoms with van der Waals surface area (Å²) in [7, 11) is -5.43. The summed E-state index contributed by atoms with van der Waals surface area (Å²) in [5, 5.41) is 2.75. The van der Waals surface area contributed by atoms with Gasteiger partial charge in [0, 0.05) is 25.8 Å². The van der Waals surface area contributed by atoms with E-state index in [1.807, 2.05) is 6.92 Å². The molecule has 1 unspecified atom stereocenters. The van der Waals surface area contributed by atoms with Gasteiger partial charge in [0.05, 0.1) is 16.8 Å². The highest BCUT2D eigenvalue weighted by Gasteiger charge is 2.27. The third-order valence-corrected chi connectivity index (χ3v) is 8.58. The number of hydrogen-bond acceptors (Lipinski definition) is 6. The van der Waals surface area contributed by atoms with Gasteiger partial charge in [-0.2, -0.15) is 4.31 Å². The maximum atomic E-state index is 12.7. The molecular weight excluding hydrogens is 466 g/mol. The number of sulfonamides is 2. The van der Waals surface area contributed by atoms with Crippen molar-refractivity contribution < 1.29 is 26.4 Å². The van der Waals surface area contributed by atoms with Crippen molar-refractivity contribution in [3.63, 3.8) is 0 Å². The molecule has 1 amide bonds. The van der Waals surface area contributed by atoms with E-state index in [1.165, 1.54) is 23.5 Å². The van der Waals surface area contributed by atoms with E-state index >= 15 is 0 Å². The van der Waals surface area contributed by atoms with E-state index in [0.29, 0.717) is 36.6 Å². The van der Waals surface area contributed by atoms with Crippen molar-refractivity contribution in [1.29, 1.82) is 0 Å². The largest absolute Gasteiger partial charge is 0.481 e. The maximum Gasteiger partial charge on any atom is 0.265 e. The van der Waals surface area contributed by atoms with E-state index in [1.54, 1.807) is 36.4 Å². The predicted molar refractivity (Wildman–Crippen MR) is 127 cm³/mol. The minimum atomic E-state index is -3.51. The smallest absolute Gasteiger partial charge is 0.265 e. The van der Waals surface area contributed by atoms with E-state index in [2.05, 4.69) is 5.32 Å². The number of rotatable bonds is 9. The molecule has 0 aliphatic carbocycles. The van der Waals surface area contributed by atoms with Crippen LogP contribution in [0.4, 0.5) is 11.4 Å². The van der Waals surface area contributed by atoms with Gasteiger partial charge in [-0.25, -0.2) is 16.8 Å². The SMILES string of the molecule is CCC(Oc1ccc(N(C)S(C)(=O)=O)cc1)C(=O)Nc1ccc(S(=O)(=O)N2CCCC2)cc1. The average Bonchev–Trinajstić information content (AvgIpc) is 3.33. The van der Waals surface area contributed by atoms with Gasteiger partial charge in [0.25, 0.3) is 5.91 Å². The molecule has 1 saturated heterocycles. The zero-order valence-corrected chi connectivity index (χ0v) is 20.5. The van der Waals surface area contributed by atoms with Gasteiger partial charge in [-0.05, 0) is 67.8 Å². The van der Waals surface area contributed by atoms with E-state index in [0.717, 1.165) is 23.4 Å². The van der Waals surface area contributed by atoms with Crippen LogP contribution in [0, 0.1) is 0 Å². The van der Waals surface area contributed by atoms with Gasteiger partial charge in [-0.1, -0.05) is 6.92 Å². The van der Waals surface area contributed by atoms with E-state index in [-0.39, 0.29) is 10.8 Å². The van der Waals surface area contributed by atoms with Crippen LogP contribution in [0.25, 0.3) is 0 Å². The molecule has 0 aromatic heterocycles. The molecule has 0 radical (unpaired) electrons. The van der Waals surface area contributed by atoms with Crippen molar-refractivity contribution in [2.24, 2.45) is 0 Å². The number of amides is 1. The van der Waals surface area contributed by atoms with E-state index in [9.17, 15) is 21.6 Å². The van der Waals surface area contributed by atoms with Gasteiger partial charge >= 0.3 is 0 Å². The van der Waals surface area contributed by atoms with E-state index in [4.69, 9.17) is 4.74 Å². The summed E-state index contributed by atoms with van der Waals surface area (Å²) in [6.07, 6.45) is 2.46. The second kappa shape index (κ2) is 10.1. The lowest BCUT2D eigenvalue weighted by Crippen LogP contribution is -2.32. The van der Waals surface area contributed by atoms with Crippen molar-refractivity contribution in [3.8, 4) is 5.75 Å². The summed E-state index contributed by atoms with van der Waals surface area (Å²) in [4.78, 5) is 12.9. The standard InChI is InChI=1S/C22H29N3O6S2/c1-4-21(31-19-11-9-18(10-12-19)24(2)32(3,27)28)22(26)23-17-7-13-20(14-8-17)33(29,30)25-15-5-6-16-25/h7-14,21H,4-6,15-16H2,1-3H3,(H,23,26). The van der Waals surface area contributed by atoms with Gasteiger partial charge in [-0.15, -0.1) is 0 Å². The number of nitrogens with one attached hydrogen (secondary N) is 1. The molecule has 1 heterocycles. The molecule has 9 nitrogen and oxygen atoms in total. The number of benzene rings is 2. The molecule has 0 saturated carbocycles. The molecule has 33 heavy (non-hydrogen) atoms. The molecule has 1 fully saturated rings. The minimum Gasteiger partial charge on any atom is -0.481 e. The Morgan fingerprint density at radius 2 is 1.61 bits per heavy atom. The fourth-order valence-corrected chi connectivity index (χ4v) is 5.44. The Bertz CT molecular complexity index is 1170. The van der Waals surface area contributed by atoms with Crippen LogP contribution in [-0.4, -0.2) is 59.5 Å². The first-order valence-corrected chi connectivity index (χ1v) is 13.9. The molecule has 0 bridgehead atoms. The van der Waals surface area contributed by atoms with Gasteiger partial charge in [0.2, 0.25) is 20.0 Å². The lowest BCUT2D eigenvalue weighted by atomic mass is 10.2. The Morgan fingerprint density at radius 3 is 2.12 bits per heavy atom. The highest BCUT2D eigenvalue weighted by Crippen LogP contribution is 2.24. The molecule has 1 aliphatic heterocycles. The number of carbonyl (C=O) groups excluding carboxylic acids is 1. The normalized spacial score (nSPS) is 15.7. The van der Waals surface area contributed by atoms with Crippen molar-refractivity contribution in [2.75, 3.05) is 36.0 Å². The van der Waals surface area contributed by atoms with Crippen LogP contribution in [0.3, 0.4) is 0 Å². The second-order valence-electron chi connectivity index (χ2n) is 7.86. The van der Waals surface area contributed by atoms with Crippen LogP contribution in [-0.2, 0) is 24.8 Å². The van der Waals surface area contributed by atoms with Crippen LogP contribution in [0.5, 0.6) is 5.75 Å². The highest BCUT2D eigenvalue weighted by molar-refractivity contribution is 7.92. The molecule has 0 spiro atoms. The Kier molecular flexibility index (Phi) is 7.65. The first-order valence-electron chi connectivity index (χ1n) is 10.6. The number of hydrogen-bond donors (Lipinski definition) is 1. The Labute approximate surface area is 195 Å². The second-order valence-corrected chi connectivity index (χ2v) is 11.8. The lowest BCUT2D eigenvalue weighted by Gasteiger charge is -2.20. The summed E-state index contributed by atoms with van der Waals surface area (Å²) >= 11 is 0. The molecule has 2 aromatic carbocycles. The highest BCUT2D eigenvalue weighted by atomic mass is 32.2. The topological polar surface area (TPSA) is 113 Å². The summed E-state index contributed by atoms with van der Waals surface area (Å²) in [5.41, 5.74) is 0.943. The summed E-state index contributed by atoms with van der Waals surface area (Å²) in [5.74, 6) is 0.0553. The molecule has 180 valence electrons. The molecule has 1 aliphatic rings. The van der Waals surface area contributed by atoms with Crippen molar-refractivity contribution >= 4 is 37.3 Å². The zero-order chi connectivity index (χ0) is 24.2. The molecule has 1 N–H and O–H groups in total. The summed E-state index contributed by atoms with van der Waals surface area (Å²) < 4.78 is 57.0. The summed E-state index contributed by atoms with van der Waals surface area (Å²) in [6, 6.07) is 12.5. The van der Waals surface area contributed by atoms with Crippen molar-refractivity contribution in [2.45, 2.75) is 37.2 Å². The molecule has 1 atom stereocenters.